The van der Waals surface area contributed by atoms with Crippen LogP contribution in [0.3, 0.4) is 0 Å². The number of nitrogen functional groups attached to an aromatic ring is 1. The molecule has 8 aromatic rings. The van der Waals surface area contributed by atoms with Gasteiger partial charge in [-0.25, -0.2) is 24.9 Å². The third-order valence-electron chi connectivity index (χ3n) is 11.4. The number of amides is 2. The molecule has 0 saturated carbocycles. The highest BCUT2D eigenvalue weighted by Gasteiger charge is 2.32. The predicted molar refractivity (Wildman–Crippen MR) is 272 cm³/mol. The normalized spacial score (nSPS) is 12.4. The van der Waals surface area contributed by atoms with Crippen molar-refractivity contribution >= 4 is 52.0 Å². The Balaban J connectivity index is 0.000000166. The number of nitrogens with two attached hydrogens (primary N) is 1. The summed E-state index contributed by atoms with van der Waals surface area (Å²) in [5.74, 6) is 3.14. The number of methoxy groups -OCH3 is 2. The quantitative estimate of drug-likeness (QED) is 0.111. The molecule has 0 spiro atoms. The highest BCUT2D eigenvalue weighted by Crippen LogP contribution is 2.41. The first kappa shape index (κ1) is 49.0. The standard InChI is InChI=1S/C26H27N7O2.C19H18ClN5O2.C6H9N3/c1-15-11-17(28-16(2)27-15)12-18-13-22(24-23(29-18)14-32(3)26(24)34)30-21-8-6-7-19(25(21)35-5)20-9-10-33(4)31-20;1-24-10-15-17(19(24)26)14(9-16(20)22-15)21-13-6-4-5-11(18(13)27-3)12-7-8-25(2)23-12;1-4-3-6(7)9-5(2)8-4/h6-11,13H,12,14H2,1-5H3,(H,29,30);4-9H,10H2,1-3H3,(H,21,22);3H,1-2H3,(H2,7,8,9). The molecule has 8 heterocycles. The minimum Gasteiger partial charge on any atom is -0.494 e. The average molecular weight is 977 g/mol. The molecule has 0 aliphatic carbocycles. The first-order valence-corrected chi connectivity index (χ1v) is 22.9. The molecule has 0 atom stereocenters. The number of carbonyl (C=O) groups excluding carboxylic acids is 2. The maximum atomic E-state index is 13.0. The number of para-hydroxylation sites is 2. The lowest BCUT2D eigenvalue weighted by Gasteiger charge is -2.17. The van der Waals surface area contributed by atoms with E-state index in [9.17, 15) is 9.59 Å². The highest BCUT2D eigenvalue weighted by atomic mass is 35.5. The Morgan fingerprint density at radius 3 is 1.54 bits per heavy atom. The van der Waals surface area contributed by atoms with Crippen LogP contribution < -0.4 is 25.8 Å². The van der Waals surface area contributed by atoms with Gasteiger partial charge in [0, 0.05) is 81.3 Å². The van der Waals surface area contributed by atoms with Crippen molar-refractivity contribution < 1.29 is 19.1 Å². The van der Waals surface area contributed by atoms with E-state index in [1.165, 1.54) is 0 Å². The van der Waals surface area contributed by atoms with Gasteiger partial charge in [0.15, 0.2) is 11.5 Å². The van der Waals surface area contributed by atoms with Gasteiger partial charge < -0.3 is 35.6 Å². The molecule has 4 N–H and O–H groups in total. The second-order valence-electron chi connectivity index (χ2n) is 17.1. The van der Waals surface area contributed by atoms with Gasteiger partial charge in [0.1, 0.15) is 22.6 Å². The second-order valence-corrected chi connectivity index (χ2v) is 17.5. The van der Waals surface area contributed by atoms with Gasteiger partial charge in [0.2, 0.25) is 0 Å². The number of fused-ring (bicyclic) bond motifs is 2. The molecule has 71 heavy (non-hydrogen) atoms. The Hall–Kier alpha value is -8.45. The van der Waals surface area contributed by atoms with Crippen LogP contribution in [0.1, 0.15) is 66.5 Å². The zero-order valence-corrected chi connectivity index (χ0v) is 41.9. The molecule has 19 nitrogen and oxygen atoms in total. The lowest BCUT2D eigenvalue weighted by atomic mass is 10.1. The second kappa shape index (κ2) is 20.6. The van der Waals surface area contributed by atoms with E-state index in [-0.39, 0.29) is 11.8 Å². The Morgan fingerprint density at radius 2 is 1.07 bits per heavy atom. The summed E-state index contributed by atoms with van der Waals surface area (Å²) in [5.41, 5.74) is 17.6. The summed E-state index contributed by atoms with van der Waals surface area (Å²) >= 11 is 6.17. The number of nitrogens with zero attached hydrogens (tertiary/aromatic N) is 12. The molecule has 20 heteroatoms. The van der Waals surface area contributed by atoms with Crippen LogP contribution >= 0.6 is 11.6 Å². The van der Waals surface area contributed by atoms with E-state index < -0.39 is 0 Å². The van der Waals surface area contributed by atoms with E-state index in [1.807, 2.05) is 115 Å². The maximum absolute atomic E-state index is 13.0. The van der Waals surface area contributed by atoms with Gasteiger partial charge in [-0.15, -0.1) is 0 Å². The van der Waals surface area contributed by atoms with Gasteiger partial charge in [-0.3, -0.25) is 23.9 Å². The van der Waals surface area contributed by atoms with Crippen LogP contribution in [0, 0.1) is 27.7 Å². The number of carbonyl (C=O) groups is 2. The number of pyridine rings is 2. The summed E-state index contributed by atoms with van der Waals surface area (Å²) in [6.07, 6.45) is 4.30. The summed E-state index contributed by atoms with van der Waals surface area (Å²) in [7, 11) is 10.5. The smallest absolute Gasteiger partial charge is 0.257 e. The van der Waals surface area contributed by atoms with Gasteiger partial charge in [-0.2, -0.15) is 10.2 Å². The number of hydrogen-bond donors (Lipinski definition) is 3. The first-order valence-electron chi connectivity index (χ1n) is 22.5. The first-order chi connectivity index (χ1) is 34.0. The van der Waals surface area contributed by atoms with Crippen molar-refractivity contribution in [3.05, 3.63) is 147 Å². The van der Waals surface area contributed by atoms with Crippen molar-refractivity contribution in [3.8, 4) is 34.0 Å². The molecule has 6 aromatic heterocycles. The summed E-state index contributed by atoms with van der Waals surface area (Å²) in [4.78, 5) is 54.8. The van der Waals surface area contributed by atoms with Crippen LogP contribution in [-0.4, -0.2) is 99.4 Å². The fraction of sp³-hybridized carbons (Fsp3) is 0.255. The van der Waals surface area contributed by atoms with Gasteiger partial charge >= 0.3 is 0 Å². The summed E-state index contributed by atoms with van der Waals surface area (Å²) < 4.78 is 14.9. The fourth-order valence-electron chi connectivity index (χ4n) is 8.53. The van der Waals surface area contributed by atoms with Gasteiger partial charge in [0.25, 0.3) is 11.8 Å². The largest absolute Gasteiger partial charge is 0.494 e. The van der Waals surface area contributed by atoms with E-state index in [4.69, 9.17) is 31.8 Å². The highest BCUT2D eigenvalue weighted by molar-refractivity contribution is 6.30. The molecule has 2 aliphatic rings. The third kappa shape index (κ3) is 10.9. The zero-order chi connectivity index (χ0) is 50.7. The number of aromatic nitrogens is 10. The minimum absolute atomic E-state index is 0.0601. The van der Waals surface area contributed by atoms with Crippen LogP contribution in [-0.2, 0) is 33.6 Å². The molecule has 0 saturated heterocycles. The zero-order valence-electron chi connectivity index (χ0n) is 41.2. The van der Waals surface area contributed by atoms with Crippen LogP contribution in [0.25, 0.3) is 22.5 Å². The number of benzene rings is 2. The average Bonchev–Trinajstić information content (AvgIpc) is 4.08. The topological polar surface area (TPSA) is 222 Å². The van der Waals surface area contributed by atoms with Crippen molar-refractivity contribution in [3.63, 3.8) is 0 Å². The summed E-state index contributed by atoms with van der Waals surface area (Å²) in [6, 6.07) is 22.7. The molecule has 10 rings (SSSR count). The van der Waals surface area contributed by atoms with E-state index in [2.05, 4.69) is 45.8 Å². The number of rotatable bonds is 10. The monoisotopic (exact) mass is 975 g/mol. The lowest BCUT2D eigenvalue weighted by molar-refractivity contribution is 0.0809. The third-order valence-corrected chi connectivity index (χ3v) is 11.6. The van der Waals surface area contributed by atoms with Crippen molar-refractivity contribution in [2.75, 3.05) is 44.7 Å². The molecular weight excluding hydrogens is 922 g/mol. The van der Waals surface area contributed by atoms with Crippen LogP contribution in [0.4, 0.5) is 28.6 Å². The predicted octanol–water partition coefficient (Wildman–Crippen LogP) is 7.97. The van der Waals surface area contributed by atoms with E-state index in [1.54, 1.807) is 59.6 Å². The van der Waals surface area contributed by atoms with Crippen molar-refractivity contribution in [2.24, 2.45) is 14.1 Å². The van der Waals surface area contributed by atoms with Crippen LogP contribution in [0.5, 0.6) is 11.5 Å². The van der Waals surface area contributed by atoms with Crippen molar-refractivity contribution in [1.29, 1.82) is 0 Å². The van der Waals surface area contributed by atoms with Crippen LogP contribution in [0.2, 0.25) is 5.15 Å². The van der Waals surface area contributed by atoms with E-state index in [0.29, 0.717) is 75.9 Å². The number of halogens is 1. The van der Waals surface area contributed by atoms with Gasteiger partial charge in [-0.1, -0.05) is 23.7 Å². The Labute approximate surface area is 416 Å². The number of hydrogen-bond acceptors (Lipinski definition) is 15. The van der Waals surface area contributed by atoms with E-state index in [0.717, 1.165) is 68.3 Å². The minimum atomic E-state index is -0.0866. The number of ether oxygens (including phenoxy) is 2. The molecule has 0 bridgehead atoms. The Kier molecular flexibility index (Phi) is 14.2. The molecule has 364 valence electrons. The number of nitrogens with one attached hydrogen (secondary N) is 2. The maximum Gasteiger partial charge on any atom is 0.257 e. The molecule has 0 fully saturated rings. The fourth-order valence-corrected chi connectivity index (χ4v) is 8.74. The molecule has 0 radical (unpaired) electrons. The molecular formula is C51H54ClN15O4. The van der Waals surface area contributed by atoms with Crippen LogP contribution in [0.15, 0.2) is 85.2 Å². The number of aryl methyl sites for hydroxylation is 6. The van der Waals surface area contributed by atoms with Crippen molar-refractivity contribution in [2.45, 2.75) is 47.2 Å². The number of anilines is 5. The Morgan fingerprint density at radius 1 is 0.592 bits per heavy atom. The Bertz CT molecular complexity index is 3250. The molecule has 2 amide bonds. The molecule has 2 aromatic carbocycles. The van der Waals surface area contributed by atoms with Crippen molar-refractivity contribution in [1.82, 2.24) is 59.3 Å². The molecule has 2 aliphatic heterocycles. The van der Waals surface area contributed by atoms with Gasteiger partial charge in [0.05, 0.1) is 89.7 Å². The van der Waals surface area contributed by atoms with Gasteiger partial charge in [-0.05, 0) is 82.3 Å². The SMILES string of the molecule is COc1c(Nc2cc(Cc3cc(C)nc(C)n3)nc3c2C(=O)N(C)C3)cccc1-c1ccn(C)n1.COc1c(Nc2cc(Cl)nc3c2C(=O)N(C)C3)cccc1-c1ccn(C)n1.Cc1cc(N)nc(C)n1. The van der Waals surface area contributed by atoms with E-state index >= 15 is 0 Å². The molecule has 0 unspecified atom stereocenters. The lowest BCUT2D eigenvalue weighted by Crippen LogP contribution is -2.18. The summed E-state index contributed by atoms with van der Waals surface area (Å²) in [5, 5.41) is 16.1. The summed E-state index contributed by atoms with van der Waals surface area (Å²) in [6.45, 7) is 8.45.